The molecule has 0 radical (unpaired) electrons. The summed E-state index contributed by atoms with van der Waals surface area (Å²) in [6.45, 7) is 5.41. The fraction of sp³-hybridized carbons (Fsp3) is 0.222. The van der Waals surface area contributed by atoms with Crippen LogP contribution < -0.4 is 5.32 Å². The molecular weight excluding hydrogens is 406 g/mol. The van der Waals surface area contributed by atoms with Gasteiger partial charge in [-0.05, 0) is 57.2 Å². The minimum absolute atomic E-state index is 0.425. The van der Waals surface area contributed by atoms with Crippen LogP contribution in [0.25, 0.3) is 22.4 Å². The number of H-pyrrole nitrogens is 1. The number of aromatic amines is 1. The van der Waals surface area contributed by atoms with E-state index in [9.17, 15) is 4.79 Å². The first-order valence-corrected chi connectivity index (χ1v) is 8.83. The predicted octanol–water partition coefficient (Wildman–Crippen LogP) is 5.99. The highest BCUT2D eigenvalue weighted by Gasteiger charge is 2.17. The molecule has 130 valence electrons. The van der Waals surface area contributed by atoms with Crippen LogP contribution in [0.5, 0.6) is 0 Å². The molecule has 3 rings (SSSR count). The first-order chi connectivity index (χ1) is 11.7. The maximum atomic E-state index is 12.0. The molecule has 2 N–H and O–H groups in total. The molecule has 0 spiro atoms. The average molecular weight is 423 g/mol. The van der Waals surface area contributed by atoms with Crippen molar-refractivity contribution in [1.82, 2.24) is 9.97 Å². The number of fused-ring (bicyclic) bond motifs is 1. The van der Waals surface area contributed by atoms with Gasteiger partial charge < -0.3 is 9.72 Å². The second-order valence-electron chi connectivity index (χ2n) is 6.57. The van der Waals surface area contributed by atoms with Crippen LogP contribution in [0, 0.1) is 0 Å². The summed E-state index contributed by atoms with van der Waals surface area (Å²) in [5.74, 6) is 0.692. The topological polar surface area (TPSA) is 67.0 Å². The van der Waals surface area contributed by atoms with Crippen molar-refractivity contribution >= 4 is 50.3 Å². The number of carbonyl (C=O) groups excluding carboxylic acids is 1. The smallest absolute Gasteiger partial charge is 0.412 e. The minimum Gasteiger partial charge on any atom is -0.444 e. The van der Waals surface area contributed by atoms with Crippen LogP contribution in [0.3, 0.4) is 0 Å². The zero-order valence-electron chi connectivity index (χ0n) is 14.0. The normalized spacial score (nSPS) is 11.6. The molecule has 3 aromatic rings. The van der Waals surface area contributed by atoms with Crippen molar-refractivity contribution in [3.05, 3.63) is 45.9 Å². The number of ether oxygens (including phenoxy) is 1. The van der Waals surface area contributed by atoms with Crippen LogP contribution in [-0.2, 0) is 4.74 Å². The Bertz CT molecular complexity index is 947. The van der Waals surface area contributed by atoms with Gasteiger partial charge in [0.2, 0.25) is 0 Å². The summed E-state index contributed by atoms with van der Waals surface area (Å²) in [6, 6.07) is 11.1. The maximum Gasteiger partial charge on any atom is 0.412 e. The third kappa shape index (κ3) is 4.32. The standard InChI is InChI=1S/C18H17BrClN3O2/c1-18(2,3)25-17(24)23-14-8-10(4-6-12(14)20)16-21-13-7-5-11(19)9-15(13)22-16/h4-9H,1-3H3,(H,21,22)(H,23,24). The number of carbonyl (C=O) groups is 1. The number of hydrogen-bond donors (Lipinski definition) is 2. The van der Waals surface area contributed by atoms with Crippen molar-refractivity contribution in [3.63, 3.8) is 0 Å². The van der Waals surface area contributed by atoms with Crippen molar-refractivity contribution in [3.8, 4) is 11.4 Å². The van der Waals surface area contributed by atoms with E-state index in [4.69, 9.17) is 16.3 Å². The third-order valence-corrected chi connectivity index (χ3v) is 4.14. The Hall–Kier alpha value is -2.05. The fourth-order valence-electron chi connectivity index (χ4n) is 2.30. The number of amides is 1. The Morgan fingerprint density at radius 2 is 2.00 bits per heavy atom. The summed E-state index contributed by atoms with van der Waals surface area (Å²) in [7, 11) is 0. The molecule has 0 saturated carbocycles. The van der Waals surface area contributed by atoms with Gasteiger partial charge in [0.15, 0.2) is 0 Å². The molecule has 1 amide bonds. The van der Waals surface area contributed by atoms with Gasteiger partial charge >= 0.3 is 6.09 Å². The van der Waals surface area contributed by atoms with Crippen molar-refractivity contribution in [1.29, 1.82) is 0 Å². The highest BCUT2D eigenvalue weighted by molar-refractivity contribution is 9.10. The first-order valence-electron chi connectivity index (χ1n) is 7.66. The van der Waals surface area contributed by atoms with Gasteiger partial charge in [0, 0.05) is 10.0 Å². The van der Waals surface area contributed by atoms with Crippen LogP contribution >= 0.6 is 27.5 Å². The summed E-state index contributed by atoms with van der Waals surface area (Å²) in [4.78, 5) is 19.8. The number of halogens is 2. The zero-order chi connectivity index (χ0) is 18.2. The Kier molecular flexibility index (Phi) is 4.75. The molecule has 0 atom stereocenters. The summed E-state index contributed by atoms with van der Waals surface area (Å²) >= 11 is 9.63. The second-order valence-corrected chi connectivity index (χ2v) is 7.89. The maximum absolute atomic E-state index is 12.0. The molecule has 2 aromatic carbocycles. The molecule has 0 fully saturated rings. The fourth-order valence-corrected chi connectivity index (χ4v) is 2.83. The summed E-state index contributed by atoms with van der Waals surface area (Å²) in [5, 5.41) is 3.10. The molecule has 0 aliphatic carbocycles. The van der Waals surface area contributed by atoms with Gasteiger partial charge in [-0.15, -0.1) is 0 Å². The van der Waals surface area contributed by atoms with Crippen LogP contribution in [0.2, 0.25) is 5.02 Å². The monoisotopic (exact) mass is 421 g/mol. The lowest BCUT2D eigenvalue weighted by molar-refractivity contribution is 0.0636. The Balaban J connectivity index is 1.91. The van der Waals surface area contributed by atoms with E-state index in [2.05, 4.69) is 31.2 Å². The van der Waals surface area contributed by atoms with Gasteiger partial charge in [-0.25, -0.2) is 9.78 Å². The number of aromatic nitrogens is 2. The van der Waals surface area contributed by atoms with Gasteiger partial charge in [-0.1, -0.05) is 27.5 Å². The molecule has 5 nitrogen and oxygen atoms in total. The third-order valence-electron chi connectivity index (χ3n) is 3.32. The van der Waals surface area contributed by atoms with Crippen LogP contribution in [0.4, 0.5) is 10.5 Å². The molecule has 25 heavy (non-hydrogen) atoms. The SMILES string of the molecule is CC(C)(C)OC(=O)Nc1cc(-c2nc3ccc(Br)cc3[nH]2)ccc1Cl. The van der Waals surface area contributed by atoms with Crippen LogP contribution in [0.15, 0.2) is 40.9 Å². The van der Waals surface area contributed by atoms with Crippen molar-refractivity contribution in [2.45, 2.75) is 26.4 Å². The zero-order valence-corrected chi connectivity index (χ0v) is 16.3. The minimum atomic E-state index is -0.583. The Labute approximate surface area is 158 Å². The van der Waals surface area contributed by atoms with E-state index in [1.54, 1.807) is 32.9 Å². The quantitative estimate of drug-likeness (QED) is 0.533. The van der Waals surface area contributed by atoms with Crippen LogP contribution in [0.1, 0.15) is 20.8 Å². The van der Waals surface area contributed by atoms with Gasteiger partial charge in [-0.3, -0.25) is 5.32 Å². The van der Waals surface area contributed by atoms with Gasteiger partial charge in [0.05, 0.1) is 21.7 Å². The highest BCUT2D eigenvalue weighted by atomic mass is 79.9. The van der Waals surface area contributed by atoms with E-state index in [0.29, 0.717) is 16.5 Å². The molecule has 7 heteroatoms. The Morgan fingerprint density at radius 1 is 1.24 bits per heavy atom. The average Bonchev–Trinajstić information content (AvgIpc) is 2.90. The van der Waals surface area contributed by atoms with Crippen molar-refractivity contribution < 1.29 is 9.53 Å². The second kappa shape index (κ2) is 6.69. The van der Waals surface area contributed by atoms with E-state index in [1.165, 1.54) is 0 Å². The van der Waals surface area contributed by atoms with E-state index in [-0.39, 0.29) is 0 Å². The number of hydrogen-bond acceptors (Lipinski definition) is 3. The molecule has 0 aliphatic rings. The van der Waals surface area contributed by atoms with Crippen molar-refractivity contribution in [2.24, 2.45) is 0 Å². The number of nitrogens with one attached hydrogen (secondary N) is 2. The summed E-state index contributed by atoms with van der Waals surface area (Å²) in [6.07, 6.45) is -0.555. The number of imidazole rings is 1. The molecule has 1 heterocycles. The lowest BCUT2D eigenvalue weighted by atomic mass is 10.2. The van der Waals surface area contributed by atoms with Crippen molar-refractivity contribution in [2.75, 3.05) is 5.32 Å². The molecular formula is C18H17BrClN3O2. The number of benzene rings is 2. The largest absolute Gasteiger partial charge is 0.444 e. The van der Waals surface area contributed by atoms with E-state index in [1.807, 2.05) is 24.3 Å². The molecule has 0 unspecified atom stereocenters. The Morgan fingerprint density at radius 3 is 2.72 bits per heavy atom. The first kappa shape index (κ1) is 17.8. The lowest BCUT2D eigenvalue weighted by Crippen LogP contribution is -2.27. The predicted molar refractivity (Wildman–Crippen MR) is 104 cm³/mol. The van der Waals surface area contributed by atoms with Gasteiger partial charge in [0.25, 0.3) is 0 Å². The molecule has 0 aliphatic heterocycles. The molecule has 0 bridgehead atoms. The van der Waals surface area contributed by atoms with Crippen LogP contribution in [-0.4, -0.2) is 21.7 Å². The van der Waals surface area contributed by atoms with Gasteiger partial charge in [0.1, 0.15) is 11.4 Å². The summed E-state index contributed by atoms with van der Waals surface area (Å²) < 4.78 is 6.24. The molecule has 1 aromatic heterocycles. The molecule has 0 saturated heterocycles. The number of anilines is 1. The van der Waals surface area contributed by atoms with Gasteiger partial charge in [-0.2, -0.15) is 0 Å². The van der Waals surface area contributed by atoms with E-state index in [0.717, 1.165) is 21.1 Å². The highest BCUT2D eigenvalue weighted by Crippen LogP contribution is 2.29. The lowest BCUT2D eigenvalue weighted by Gasteiger charge is -2.20. The van der Waals surface area contributed by atoms with E-state index >= 15 is 0 Å². The summed E-state index contributed by atoms with van der Waals surface area (Å²) in [5.41, 5.74) is 2.47. The number of nitrogens with zero attached hydrogens (tertiary/aromatic N) is 1. The number of rotatable bonds is 2. The van der Waals surface area contributed by atoms with E-state index < -0.39 is 11.7 Å².